The molecule has 0 aromatic heterocycles. The molecule has 3 rings (SSSR count). The molecule has 1 N–H and O–H groups in total. The number of aryl methyl sites for hydroxylation is 1. The van der Waals surface area contributed by atoms with Gasteiger partial charge in [0.1, 0.15) is 5.82 Å². The Balaban J connectivity index is 1.54. The highest BCUT2D eigenvalue weighted by atomic mass is 19.1. The molecule has 1 saturated carbocycles. The fraction of sp³-hybridized carbons (Fsp3) is 0.368. The van der Waals surface area contributed by atoms with E-state index in [9.17, 15) is 4.39 Å². The Morgan fingerprint density at radius 2 is 1.81 bits per heavy atom. The van der Waals surface area contributed by atoms with Crippen LogP contribution in [-0.4, -0.2) is 6.04 Å². The van der Waals surface area contributed by atoms with Crippen LogP contribution in [-0.2, 0) is 0 Å². The molecule has 0 spiro atoms. The van der Waals surface area contributed by atoms with Crippen LogP contribution >= 0.6 is 0 Å². The van der Waals surface area contributed by atoms with E-state index in [2.05, 4.69) is 43.4 Å². The van der Waals surface area contributed by atoms with Gasteiger partial charge in [0.2, 0.25) is 0 Å². The molecule has 2 aromatic carbocycles. The molecule has 1 nitrogen and oxygen atoms in total. The van der Waals surface area contributed by atoms with Gasteiger partial charge < -0.3 is 5.32 Å². The van der Waals surface area contributed by atoms with Gasteiger partial charge in [-0.1, -0.05) is 42.0 Å². The van der Waals surface area contributed by atoms with Crippen molar-refractivity contribution in [1.29, 1.82) is 0 Å². The van der Waals surface area contributed by atoms with E-state index >= 15 is 0 Å². The minimum absolute atomic E-state index is 0.160. The van der Waals surface area contributed by atoms with E-state index in [4.69, 9.17) is 0 Å². The number of benzene rings is 2. The molecule has 21 heavy (non-hydrogen) atoms. The van der Waals surface area contributed by atoms with Crippen LogP contribution in [0.4, 0.5) is 4.39 Å². The van der Waals surface area contributed by atoms with Crippen molar-refractivity contribution in [3.63, 3.8) is 0 Å². The molecule has 0 aliphatic heterocycles. The zero-order valence-electron chi connectivity index (χ0n) is 12.6. The third-order valence-corrected chi connectivity index (χ3v) is 4.52. The molecule has 0 heterocycles. The average Bonchev–Trinajstić information content (AvgIpc) is 2.43. The van der Waals surface area contributed by atoms with Gasteiger partial charge in [0.25, 0.3) is 0 Å². The van der Waals surface area contributed by atoms with E-state index in [0.29, 0.717) is 12.0 Å². The van der Waals surface area contributed by atoms with Crippen molar-refractivity contribution in [3.8, 4) is 0 Å². The zero-order chi connectivity index (χ0) is 14.8. The summed E-state index contributed by atoms with van der Waals surface area (Å²) in [6.45, 7) is 4.23. The van der Waals surface area contributed by atoms with Crippen molar-refractivity contribution < 1.29 is 4.39 Å². The van der Waals surface area contributed by atoms with E-state index in [1.165, 1.54) is 30.0 Å². The maximum absolute atomic E-state index is 13.2. The summed E-state index contributed by atoms with van der Waals surface area (Å²) < 4.78 is 13.2. The Bertz CT molecular complexity index is 599. The summed E-state index contributed by atoms with van der Waals surface area (Å²) in [5.41, 5.74) is 3.78. The molecular formula is C19H22FN. The van der Waals surface area contributed by atoms with Gasteiger partial charge in [-0.05, 0) is 55.9 Å². The van der Waals surface area contributed by atoms with E-state index < -0.39 is 0 Å². The lowest BCUT2D eigenvalue weighted by molar-refractivity contribution is 0.270. The number of halogens is 1. The second-order valence-electron chi connectivity index (χ2n) is 6.22. The van der Waals surface area contributed by atoms with Crippen LogP contribution in [0.25, 0.3) is 0 Å². The molecule has 110 valence electrons. The molecule has 1 aliphatic rings. The highest BCUT2D eigenvalue weighted by molar-refractivity contribution is 5.27. The number of hydrogen-bond donors (Lipinski definition) is 1. The van der Waals surface area contributed by atoms with Crippen LogP contribution in [0.15, 0.2) is 48.5 Å². The predicted octanol–water partition coefficient (Wildman–Crippen LogP) is 4.73. The van der Waals surface area contributed by atoms with Crippen molar-refractivity contribution in [2.24, 2.45) is 0 Å². The van der Waals surface area contributed by atoms with Crippen LogP contribution < -0.4 is 5.32 Å². The number of hydrogen-bond acceptors (Lipinski definition) is 1. The van der Waals surface area contributed by atoms with E-state index in [1.807, 2.05) is 6.07 Å². The fourth-order valence-corrected chi connectivity index (χ4v) is 3.09. The van der Waals surface area contributed by atoms with Crippen molar-refractivity contribution in [2.45, 2.75) is 44.7 Å². The largest absolute Gasteiger partial charge is 0.307 e. The van der Waals surface area contributed by atoms with Gasteiger partial charge in [0.15, 0.2) is 0 Å². The van der Waals surface area contributed by atoms with Gasteiger partial charge in [-0.15, -0.1) is 0 Å². The maximum atomic E-state index is 13.2. The van der Waals surface area contributed by atoms with Crippen molar-refractivity contribution in [1.82, 2.24) is 5.32 Å². The standard InChI is InChI=1S/C19H22FN/c1-13-6-8-15(9-7-13)17-11-19(12-17)21-14(2)16-4-3-5-18(20)10-16/h3-10,14,17,19,21H,11-12H2,1-2H3/t14-,17?,19?/m1/s1. The lowest BCUT2D eigenvalue weighted by Crippen LogP contribution is -2.41. The summed E-state index contributed by atoms with van der Waals surface area (Å²) in [5.74, 6) is 0.509. The SMILES string of the molecule is Cc1ccc(C2CC(N[C@H](C)c3cccc(F)c3)C2)cc1. The fourth-order valence-electron chi connectivity index (χ4n) is 3.09. The normalized spacial score (nSPS) is 22.6. The van der Waals surface area contributed by atoms with Crippen LogP contribution in [0.2, 0.25) is 0 Å². The molecule has 1 aliphatic carbocycles. The number of nitrogens with one attached hydrogen (secondary N) is 1. The Kier molecular flexibility index (Phi) is 4.07. The van der Waals surface area contributed by atoms with Crippen molar-refractivity contribution in [2.75, 3.05) is 0 Å². The summed E-state index contributed by atoms with van der Waals surface area (Å²) in [5, 5.41) is 3.60. The molecule has 0 radical (unpaired) electrons. The second-order valence-corrected chi connectivity index (χ2v) is 6.22. The first-order valence-corrected chi connectivity index (χ1v) is 7.70. The van der Waals surface area contributed by atoms with Gasteiger partial charge >= 0.3 is 0 Å². The third kappa shape index (κ3) is 3.33. The van der Waals surface area contributed by atoms with Crippen molar-refractivity contribution >= 4 is 0 Å². The van der Waals surface area contributed by atoms with E-state index in [1.54, 1.807) is 12.1 Å². The van der Waals surface area contributed by atoms with Crippen molar-refractivity contribution in [3.05, 3.63) is 71.0 Å². The number of rotatable bonds is 4. The minimum atomic E-state index is -0.160. The first-order chi connectivity index (χ1) is 10.1. The van der Waals surface area contributed by atoms with Gasteiger partial charge in [-0.3, -0.25) is 0 Å². The molecular weight excluding hydrogens is 261 g/mol. The van der Waals surface area contributed by atoms with Gasteiger partial charge in [0.05, 0.1) is 0 Å². The van der Waals surface area contributed by atoms with E-state index in [0.717, 1.165) is 5.56 Å². The zero-order valence-corrected chi connectivity index (χ0v) is 12.6. The summed E-state index contributed by atoms with van der Waals surface area (Å²) in [6, 6.07) is 16.5. The first kappa shape index (κ1) is 14.3. The summed E-state index contributed by atoms with van der Waals surface area (Å²) >= 11 is 0. The van der Waals surface area contributed by atoms with Gasteiger partial charge in [0, 0.05) is 12.1 Å². The Morgan fingerprint density at radius 3 is 2.48 bits per heavy atom. The highest BCUT2D eigenvalue weighted by Gasteiger charge is 2.31. The molecule has 0 saturated heterocycles. The maximum Gasteiger partial charge on any atom is 0.123 e. The van der Waals surface area contributed by atoms with Crippen LogP contribution in [0.1, 0.15) is 48.4 Å². The average molecular weight is 283 g/mol. The molecule has 1 atom stereocenters. The van der Waals surface area contributed by atoms with Crippen LogP contribution in [0, 0.1) is 12.7 Å². The Hall–Kier alpha value is -1.67. The molecule has 0 bridgehead atoms. The summed E-state index contributed by atoms with van der Waals surface area (Å²) in [6.07, 6.45) is 2.34. The Labute approximate surface area is 126 Å². The minimum Gasteiger partial charge on any atom is -0.307 e. The van der Waals surface area contributed by atoms with Gasteiger partial charge in [-0.25, -0.2) is 4.39 Å². The molecule has 2 aromatic rings. The van der Waals surface area contributed by atoms with Crippen LogP contribution in [0.3, 0.4) is 0 Å². The topological polar surface area (TPSA) is 12.0 Å². The molecule has 0 amide bonds. The first-order valence-electron chi connectivity index (χ1n) is 7.70. The van der Waals surface area contributed by atoms with E-state index in [-0.39, 0.29) is 11.9 Å². The molecule has 1 fully saturated rings. The van der Waals surface area contributed by atoms with Gasteiger partial charge in [-0.2, -0.15) is 0 Å². The smallest absolute Gasteiger partial charge is 0.123 e. The third-order valence-electron chi connectivity index (χ3n) is 4.52. The molecule has 0 unspecified atom stereocenters. The molecule has 2 heteroatoms. The van der Waals surface area contributed by atoms with Crippen LogP contribution in [0.5, 0.6) is 0 Å². The highest BCUT2D eigenvalue weighted by Crippen LogP contribution is 2.37. The quantitative estimate of drug-likeness (QED) is 0.855. The lowest BCUT2D eigenvalue weighted by atomic mass is 9.75. The lowest BCUT2D eigenvalue weighted by Gasteiger charge is -2.38. The monoisotopic (exact) mass is 283 g/mol. The summed E-state index contributed by atoms with van der Waals surface area (Å²) in [4.78, 5) is 0. The second kappa shape index (κ2) is 5.98. The Morgan fingerprint density at radius 1 is 1.10 bits per heavy atom. The summed E-state index contributed by atoms with van der Waals surface area (Å²) in [7, 11) is 0. The predicted molar refractivity (Wildman–Crippen MR) is 84.9 cm³/mol.